The third-order valence-corrected chi connectivity index (χ3v) is 2.04. The zero-order chi connectivity index (χ0) is 14.3. The third kappa shape index (κ3) is 3.40. The van der Waals surface area contributed by atoms with E-state index in [1.54, 1.807) is 0 Å². The Kier molecular flexibility index (Phi) is 4.06. The van der Waals surface area contributed by atoms with E-state index in [1.807, 2.05) is 0 Å². The molecular formula is C8H9ClF6O2. The maximum atomic E-state index is 12.3. The topological polar surface area (TPSA) is 26.3 Å². The molecule has 0 radical (unpaired) electrons. The average molecular weight is 287 g/mol. The summed E-state index contributed by atoms with van der Waals surface area (Å²) in [5.74, 6) is -2.59. The van der Waals surface area contributed by atoms with Gasteiger partial charge >= 0.3 is 23.2 Å². The summed E-state index contributed by atoms with van der Waals surface area (Å²) < 4.78 is 77.7. The lowest BCUT2D eigenvalue weighted by atomic mass is 10.1. The summed E-state index contributed by atoms with van der Waals surface area (Å²) in [7, 11) is 0. The van der Waals surface area contributed by atoms with Crippen molar-refractivity contribution in [2.24, 2.45) is 0 Å². The lowest BCUT2D eigenvalue weighted by Crippen LogP contribution is -2.59. The number of esters is 1. The number of halogens is 7. The van der Waals surface area contributed by atoms with E-state index in [-0.39, 0.29) is 0 Å². The van der Waals surface area contributed by atoms with Gasteiger partial charge in [0.2, 0.25) is 0 Å². The van der Waals surface area contributed by atoms with Gasteiger partial charge in [0.05, 0.1) is 0 Å². The van der Waals surface area contributed by atoms with Gasteiger partial charge in [-0.25, -0.2) is 4.79 Å². The van der Waals surface area contributed by atoms with Crippen LogP contribution in [0.3, 0.4) is 0 Å². The highest BCUT2D eigenvalue weighted by Crippen LogP contribution is 2.49. The van der Waals surface area contributed by atoms with Gasteiger partial charge in [0.15, 0.2) is 0 Å². The average Bonchev–Trinajstić information content (AvgIpc) is 1.94. The molecule has 0 aromatic heterocycles. The van der Waals surface area contributed by atoms with Crippen molar-refractivity contribution in [3.63, 3.8) is 0 Å². The molecule has 0 aromatic carbocycles. The van der Waals surface area contributed by atoms with Crippen molar-refractivity contribution in [3.8, 4) is 0 Å². The van der Waals surface area contributed by atoms with Gasteiger partial charge in [-0.2, -0.15) is 26.3 Å². The molecule has 0 N–H and O–H groups in total. The van der Waals surface area contributed by atoms with Gasteiger partial charge in [0, 0.05) is 0 Å². The van der Waals surface area contributed by atoms with E-state index >= 15 is 0 Å². The van der Waals surface area contributed by atoms with Crippen molar-refractivity contribution in [1.29, 1.82) is 0 Å². The maximum Gasteiger partial charge on any atom is 0.427 e. The molecule has 17 heavy (non-hydrogen) atoms. The molecule has 2 nitrogen and oxygen atoms in total. The minimum absolute atomic E-state index is 1.12. The van der Waals surface area contributed by atoms with E-state index in [9.17, 15) is 31.1 Å². The summed E-state index contributed by atoms with van der Waals surface area (Å²) in [6.07, 6.45) is -12.0. The van der Waals surface area contributed by atoms with E-state index in [0.29, 0.717) is 0 Å². The summed E-state index contributed by atoms with van der Waals surface area (Å²) >= 11 is 4.42. The molecule has 0 atom stereocenters. The number of rotatable bonds is 1. The molecule has 0 aliphatic carbocycles. The Morgan fingerprint density at radius 1 is 0.941 bits per heavy atom. The predicted molar refractivity (Wildman–Crippen MR) is 46.5 cm³/mol. The fourth-order valence-corrected chi connectivity index (χ4v) is 0.779. The van der Waals surface area contributed by atoms with Crippen molar-refractivity contribution in [2.45, 2.75) is 43.6 Å². The number of hydrogen-bond donors (Lipinski definition) is 0. The first-order chi connectivity index (χ1) is 7.13. The molecule has 102 valence electrons. The Balaban J connectivity index is 5.46. The molecule has 0 spiro atoms. The van der Waals surface area contributed by atoms with E-state index < -0.39 is 28.8 Å². The van der Waals surface area contributed by atoms with Crippen molar-refractivity contribution < 1.29 is 35.9 Å². The second-order valence-corrected chi connectivity index (χ2v) is 4.72. The summed E-state index contributed by atoms with van der Waals surface area (Å²) in [4.78, 5) is 5.93. The van der Waals surface area contributed by atoms with Gasteiger partial charge in [-0.15, -0.1) is 0 Å². The molecule has 0 bridgehead atoms. The van der Waals surface area contributed by atoms with Gasteiger partial charge in [0.25, 0.3) is 0 Å². The monoisotopic (exact) mass is 286 g/mol. The quantitative estimate of drug-likeness (QED) is 0.419. The molecule has 0 rings (SSSR count). The molecule has 0 aromatic rings. The smallest absolute Gasteiger partial charge is 0.427 e. The largest absolute Gasteiger partial charge is 0.458 e. The molecular weight excluding hydrogens is 278 g/mol. The van der Waals surface area contributed by atoms with Crippen molar-refractivity contribution in [1.82, 2.24) is 0 Å². The van der Waals surface area contributed by atoms with Gasteiger partial charge in [-0.05, 0) is 20.8 Å². The van der Waals surface area contributed by atoms with Crippen LogP contribution in [0.2, 0.25) is 0 Å². The molecule has 0 heterocycles. The van der Waals surface area contributed by atoms with Gasteiger partial charge in [-0.1, -0.05) is 11.6 Å². The minimum atomic E-state index is -6.00. The second kappa shape index (κ2) is 4.22. The molecule has 9 heteroatoms. The molecule has 0 saturated heterocycles. The normalized spacial score (nSPS) is 14.7. The molecule has 0 fully saturated rings. The Bertz CT molecular complexity index is 287. The number of carbonyl (C=O) groups excluding carboxylic acids is 1. The Morgan fingerprint density at radius 2 is 1.24 bits per heavy atom. The fraction of sp³-hybridized carbons (Fsp3) is 0.875. The van der Waals surface area contributed by atoms with Crippen LogP contribution in [0.25, 0.3) is 0 Å². The zero-order valence-electron chi connectivity index (χ0n) is 8.96. The number of hydrogen-bond acceptors (Lipinski definition) is 2. The Morgan fingerprint density at radius 3 is 1.41 bits per heavy atom. The van der Waals surface area contributed by atoms with E-state index in [0.717, 1.165) is 20.8 Å². The Hall–Kier alpha value is -0.660. The first-order valence-corrected chi connectivity index (χ1v) is 4.56. The van der Waals surface area contributed by atoms with Crippen LogP contribution in [-0.2, 0) is 9.53 Å². The first-order valence-electron chi connectivity index (χ1n) is 4.19. The maximum absolute atomic E-state index is 12.3. The molecule has 0 saturated carbocycles. The van der Waals surface area contributed by atoms with Crippen LogP contribution in [0.15, 0.2) is 0 Å². The van der Waals surface area contributed by atoms with Crippen molar-refractivity contribution in [3.05, 3.63) is 0 Å². The van der Waals surface area contributed by atoms with Gasteiger partial charge < -0.3 is 4.74 Å². The highest BCUT2D eigenvalue weighted by molar-refractivity contribution is 6.35. The zero-order valence-corrected chi connectivity index (χ0v) is 9.72. The number of alkyl halides is 7. The van der Waals surface area contributed by atoms with E-state index in [4.69, 9.17) is 0 Å². The van der Waals surface area contributed by atoms with Gasteiger partial charge in [-0.3, -0.25) is 0 Å². The minimum Gasteiger partial charge on any atom is -0.458 e. The summed E-state index contributed by atoms with van der Waals surface area (Å²) in [6.45, 7) is 3.36. The lowest BCUT2D eigenvalue weighted by Gasteiger charge is -2.32. The summed E-state index contributed by atoms with van der Waals surface area (Å²) in [6, 6.07) is 0. The highest BCUT2D eigenvalue weighted by Gasteiger charge is 2.76. The van der Waals surface area contributed by atoms with Crippen LogP contribution >= 0.6 is 11.6 Å². The molecule has 0 aliphatic heterocycles. The van der Waals surface area contributed by atoms with Crippen LogP contribution in [0.1, 0.15) is 20.8 Å². The summed E-state index contributed by atoms with van der Waals surface area (Å²) in [5, 5.41) is 0. The van der Waals surface area contributed by atoms with Crippen LogP contribution < -0.4 is 0 Å². The molecule has 0 unspecified atom stereocenters. The van der Waals surface area contributed by atoms with E-state index in [2.05, 4.69) is 16.3 Å². The van der Waals surface area contributed by atoms with Crippen LogP contribution in [0.5, 0.6) is 0 Å². The van der Waals surface area contributed by atoms with Crippen molar-refractivity contribution in [2.75, 3.05) is 0 Å². The van der Waals surface area contributed by atoms with Crippen LogP contribution in [0.4, 0.5) is 26.3 Å². The van der Waals surface area contributed by atoms with Crippen LogP contribution in [0, 0.1) is 0 Å². The highest BCUT2D eigenvalue weighted by atomic mass is 35.5. The lowest BCUT2D eigenvalue weighted by molar-refractivity contribution is -0.270. The fourth-order valence-electron chi connectivity index (χ4n) is 0.741. The standard InChI is InChI=1S/C8H9ClF6O2/c1-5(2,3)17-4(16)6(9,7(10,11)12)8(13,14)15/h1-3H3. The van der Waals surface area contributed by atoms with Gasteiger partial charge in [0.1, 0.15) is 5.60 Å². The predicted octanol–water partition coefficient (Wildman–Crippen LogP) is 3.43. The second-order valence-electron chi connectivity index (χ2n) is 4.16. The SMILES string of the molecule is CC(C)(C)OC(=O)C(Cl)(C(F)(F)F)C(F)(F)F. The number of ether oxygens (including phenoxy) is 1. The summed E-state index contributed by atoms with van der Waals surface area (Å²) in [5.41, 5.74) is -1.52. The Labute approximate surface area is 97.9 Å². The van der Waals surface area contributed by atoms with E-state index in [1.165, 1.54) is 0 Å². The third-order valence-electron chi connectivity index (χ3n) is 1.46. The van der Waals surface area contributed by atoms with Crippen molar-refractivity contribution >= 4 is 17.6 Å². The number of carbonyl (C=O) groups is 1. The molecule has 0 amide bonds. The molecule has 0 aliphatic rings. The van der Waals surface area contributed by atoms with Crippen LogP contribution in [-0.4, -0.2) is 28.8 Å². The first kappa shape index (κ1) is 16.3.